The molecule has 0 aromatic heterocycles. The van der Waals surface area contributed by atoms with Gasteiger partial charge in [-0.25, -0.2) is 8.42 Å². The fraction of sp³-hybridized carbons (Fsp3) is 0.310. The van der Waals surface area contributed by atoms with Crippen LogP contribution in [0.25, 0.3) is 0 Å². The number of methoxy groups -OCH3 is 2. The van der Waals surface area contributed by atoms with Gasteiger partial charge in [-0.3, -0.25) is 13.9 Å². The van der Waals surface area contributed by atoms with Gasteiger partial charge in [0.05, 0.1) is 31.4 Å². The molecule has 0 unspecified atom stereocenters. The van der Waals surface area contributed by atoms with Crippen LogP contribution in [0, 0.1) is 0 Å². The van der Waals surface area contributed by atoms with Crippen LogP contribution < -0.4 is 23.8 Å². The van der Waals surface area contributed by atoms with Crippen molar-refractivity contribution in [3.05, 3.63) is 78.4 Å². The Morgan fingerprint density at radius 3 is 2.15 bits per heavy atom. The third-order valence-electron chi connectivity index (χ3n) is 6.27. The zero-order valence-corrected chi connectivity index (χ0v) is 24.1. The second-order valence-corrected chi connectivity index (χ2v) is 10.6. The molecule has 0 fully saturated rings. The van der Waals surface area contributed by atoms with Crippen molar-refractivity contribution in [2.45, 2.75) is 31.3 Å². The number of carbonyl (C=O) groups is 2. The van der Waals surface area contributed by atoms with Crippen molar-refractivity contribution in [3.63, 3.8) is 0 Å². The number of hydrogen-bond acceptors (Lipinski definition) is 7. The second-order valence-electron chi connectivity index (χ2n) is 8.75. The minimum atomic E-state index is -4.28. The van der Waals surface area contributed by atoms with E-state index in [0.717, 1.165) is 9.87 Å². The molecule has 1 atom stereocenters. The molecular formula is C29H35N3O7S. The van der Waals surface area contributed by atoms with Gasteiger partial charge in [0.15, 0.2) is 11.5 Å². The molecule has 0 saturated heterocycles. The number of ether oxygens (including phenoxy) is 3. The van der Waals surface area contributed by atoms with Crippen LogP contribution in [0.15, 0.2) is 77.7 Å². The van der Waals surface area contributed by atoms with Gasteiger partial charge in [-0.2, -0.15) is 0 Å². The van der Waals surface area contributed by atoms with Crippen molar-refractivity contribution in [3.8, 4) is 17.2 Å². The maximum absolute atomic E-state index is 14.0. The first-order valence-corrected chi connectivity index (χ1v) is 14.1. The van der Waals surface area contributed by atoms with Crippen LogP contribution in [0.2, 0.25) is 0 Å². The lowest BCUT2D eigenvalue weighted by Crippen LogP contribution is -2.50. The molecule has 10 nitrogen and oxygen atoms in total. The van der Waals surface area contributed by atoms with Crippen LogP contribution in [0.5, 0.6) is 17.2 Å². The first kappa shape index (κ1) is 30.3. The number of anilines is 1. The SMILES string of the molecule is CCOc1ccc(N(CC(=O)N(Cc2ccccc2)[C@@H](C)C(=O)NC)S(=O)(=O)c2ccc(OC)c(OC)c2)cc1. The topological polar surface area (TPSA) is 114 Å². The molecule has 2 amide bonds. The van der Waals surface area contributed by atoms with Crippen molar-refractivity contribution in [2.24, 2.45) is 0 Å². The summed E-state index contributed by atoms with van der Waals surface area (Å²) in [6.07, 6.45) is 0. The van der Waals surface area contributed by atoms with Gasteiger partial charge < -0.3 is 24.4 Å². The van der Waals surface area contributed by atoms with E-state index in [0.29, 0.717) is 18.1 Å². The first-order chi connectivity index (χ1) is 19.2. The minimum Gasteiger partial charge on any atom is -0.494 e. The molecule has 3 aromatic rings. The predicted octanol–water partition coefficient (Wildman–Crippen LogP) is 3.46. The molecule has 0 heterocycles. The van der Waals surface area contributed by atoms with E-state index in [1.807, 2.05) is 37.3 Å². The smallest absolute Gasteiger partial charge is 0.264 e. The van der Waals surface area contributed by atoms with Gasteiger partial charge in [0.1, 0.15) is 18.3 Å². The van der Waals surface area contributed by atoms with Crippen LogP contribution in [0.3, 0.4) is 0 Å². The zero-order valence-electron chi connectivity index (χ0n) is 23.3. The molecule has 214 valence electrons. The van der Waals surface area contributed by atoms with Crippen LogP contribution in [-0.2, 0) is 26.2 Å². The average molecular weight is 570 g/mol. The zero-order chi connectivity index (χ0) is 29.3. The Morgan fingerprint density at radius 1 is 0.925 bits per heavy atom. The maximum atomic E-state index is 14.0. The van der Waals surface area contributed by atoms with Crippen LogP contribution in [0.1, 0.15) is 19.4 Å². The molecule has 40 heavy (non-hydrogen) atoms. The van der Waals surface area contributed by atoms with Crippen LogP contribution >= 0.6 is 0 Å². The summed E-state index contributed by atoms with van der Waals surface area (Å²) in [6.45, 7) is 3.44. The fourth-order valence-electron chi connectivity index (χ4n) is 4.08. The van der Waals surface area contributed by atoms with E-state index in [2.05, 4.69) is 5.32 Å². The number of carbonyl (C=O) groups excluding carboxylic acids is 2. The van der Waals surface area contributed by atoms with E-state index in [9.17, 15) is 18.0 Å². The summed E-state index contributed by atoms with van der Waals surface area (Å²) >= 11 is 0. The maximum Gasteiger partial charge on any atom is 0.264 e. The highest BCUT2D eigenvalue weighted by molar-refractivity contribution is 7.92. The Balaban J connectivity index is 2.07. The molecule has 0 saturated carbocycles. The summed E-state index contributed by atoms with van der Waals surface area (Å²) in [5.41, 5.74) is 1.04. The molecule has 1 N–H and O–H groups in total. The summed E-state index contributed by atoms with van der Waals surface area (Å²) in [5.74, 6) is 0.205. The molecule has 0 aliphatic rings. The molecule has 3 aromatic carbocycles. The number of likely N-dealkylation sites (N-methyl/N-ethyl adjacent to an activating group) is 1. The number of amides is 2. The van der Waals surface area contributed by atoms with Gasteiger partial charge in [0.2, 0.25) is 11.8 Å². The van der Waals surface area contributed by atoms with E-state index in [1.165, 1.54) is 44.4 Å². The Kier molecular flexibility index (Phi) is 10.4. The lowest BCUT2D eigenvalue weighted by molar-refractivity contribution is -0.139. The van der Waals surface area contributed by atoms with Gasteiger partial charge in [-0.15, -0.1) is 0 Å². The molecule has 0 bridgehead atoms. The van der Waals surface area contributed by atoms with E-state index in [4.69, 9.17) is 14.2 Å². The van der Waals surface area contributed by atoms with E-state index >= 15 is 0 Å². The van der Waals surface area contributed by atoms with Crippen molar-refractivity contribution in [2.75, 3.05) is 38.7 Å². The van der Waals surface area contributed by atoms with E-state index in [-0.39, 0.29) is 28.8 Å². The molecule has 0 aliphatic heterocycles. The number of benzene rings is 3. The number of rotatable bonds is 13. The molecule has 11 heteroatoms. The Labute approximate surface area is 235 Å². The Morgan fingerprint density at radius 2 is 1.57 bits per heavy atom. The van der Waals surface area contributed by atoms with E-state index < -0.39 is 28.5 Å². The highest BCUT2D eigenvalue weighted by Gasteiger charge is 2.33. The van der Waals surface area contributed by atoms with E-state index in [1.54, 1.807) is 31.2 Å². The van der Waals surface area contributed by atoms with Gasteiger partial charge in [-0.05, 0) is 55.8 Å². The molecule has 3 rings (SSSR count). The normalized spacial score (nSPS) is 11.7. The van der Waals surface area contributed by atoms with Crippen molar-refractivity contribution >= 4 is 27.5 Å². The summed E-state index contributed by atoms with van der Waals surface area (Å²) in [6, 6.07) is 18.9. The summed E-state index contributed by atoms with van der Waals surface area (Å²) in [7, 11) is 0.0597. The number of hydrogen-bond donors (Lipinski definition) is 1. The molecule has 0 aliphatic carbocycles. The molecule has 0 radical (unpaired) electrons. The van der Waals surface area contributed by atoms with Gasteiger partial charge >= 0.3 is 0 Å². The highest BCUT2D eigenvalue weighted by Crippen LogP contribution is 2.33. The van der Waals surface area contributed by atoms with Crippen molar-refractivity contribution in [1.82, 2.24) is 10.2 Å². The predicted molar refractivity (Wildman–Crippen MR) is 152 cm³/mol. The molecular weight excluding hydrogens is 534 g/mol. The first-order valence-electron chi connectivity index (χ1n) is 12.7. The number of sulfonamides is 1. The average Bonchev–Trinajstić information content (AvgIpc) is 2.98. The number of nitrogens with zero attached hydrogens (tertiary/aromatic N) is 2. The van der Waals surface area contributed by atoms with Crippen LogP contribution in [-0.4, -0.2) is 65.6 Å². The third kappa shape index (κ3) is 7.03. The monoisotopic (exact) mass is 569 g/mol. The largest absolute Gasteiger partial charge is 0.494 e. The third-order valence-corrected chi connectivity index (χ3v) is 8.04. The van der Waals surface area contributed by atoms with Crippen molar-refractivity contribution < 1.29 is 32.2 Å². The second kappa shape index (κ2) is 13.7. The van der Waals surface area contributed by atoms with Gasteiger partial charge in [-0.1, -0.05) is 30.3 Å². The highest BCUT2D eigenvalue weighted by atomic mass is 32.2. The lowest BCUT2D eigenvalue weighted by Gasteiger charge is -2.32. The van der Waals surface area contributed by atoms with Crippen molar-refractivity contribution in [1.29, 1.82) is 0 Å². The minimum absolute atomic E-state index is 0.0965. The Hall–Kier alpha value is -4.25. The van der Waals surface area contributed by atoms with Gasteiger partial charge in [0.25, 0.3) is 10.0 Å². The Bertz CT molecular complexity index is 1400. The fourth-order valence-corrected chi connectivity index (χ4v) is 5.51. The summed E-state index contributed by atoms with van der Waals surface area (Å²) in [4.78, 5) is 27.7. The van der Waals surface area contributed by atoms with Crippen LogP contribution in [0.4, 0.5) is 5.69 Å². The van der Waals surface area contributed by atoms with Gasteiger partial charge in [0, 0.05) is 19.7 Å². The lowest BCUT2D eigenvalue weighted by atomic mass is 10.1. The quantitative estimate of drug-likeness (QED) is 0.335. The number of nitrogens with one attached hydrogen (secondary N) is 1. The summed E-state index contributed by atoms with van der Waals surface area (Å²) in [5, 5.41) is 2.56. The molecule has 0 spiro atoms. The standard InChI is InChI=1S/C29H35N3O7S/c1-6-39-24-14-12-23(13-15-24)32(40(35,36)25-16-17-26(37-4)27(18-25)38-5)20-28(33)31(21(2)29(34)30-3)19-22-10-8-7-9-11-22/h7-18,21H,6,19-20H2,1-5H3,(H,30,34)/t21-/m0/s1. The summed E-state index contributed by atoms with van der Waals surface area (Å²) < 4.78 is 45.2.